The fourth-order valence-corrected chi connectivity index (χ4v) is 3.39. The van der Waals surface area contributed by atoms with Crippen LogP contribution in [0.1, 0.15) is 27.9 Å². The van der Waals surface area contributed by atoms with Gasteiger partial charge in [-0.05, 0) is 59.4 Å². The quantitative estimate of drug-likeness (QED) is 0.734. The van der Waals surface area contributed by atoms with E-state index in [0.717, 1.165) is 18.5 Å². The maximum absolute atomic E-state index is 4.63. The second-order valence-electron chi connectivity index (χ2n) is 6.09. The van der Waals surface area contributed by atoms with Crippen LogP contribution in [0.4, 0.5) is 5.69 Å². The number of nitrogens with one attached hydrogen (secondary N) is 1. The monoisotopic (exact) mass is 312 g/mol. The van der Waals surface area contributed by atoms with Gasteiger partial charge >= 0.3 is 0 Å². The van der Waals surface area contributed by atoms with Crippen molar-refractivity contribution in [3.63, 3.8) is 0 Å². The van der Waals surface area contributed by atoms with E-state index in [0.29, 0.717) is 0 Å². The number of hydrogen-bond acceptors (Lipinski definition) is 2. The van der Waals surface area contributed by atoms with Crippen molar-refractivity contribution in [1.82, 2.24) is 4.98 Å². The van der Waals surface area contributed by atoms with Crippen molar-refractivity contribution in [2.75, 3.05) is 12.4 Å². The molecule has 1 heterocycles. The highest BCUT2D eigenvalue weighted by Gasteiger charge is 2.18. The summed E-state index contributed by atoms with van der Waals surface area (Å²) in [5.74, 6) is 0. The molecular formula is C22H20N2. The second kappa shape index (κ2) is 6.32. The summed E-state index contributed by atoms with van der Waals surface area (Å²) in [5.41, 5.74) is 8.73. The van der Waals surface area contributed by atoms with Crippen molar-refractivity contribution in [2.24, 2.45) is 0 Å². The lowest BCUT2D eigenvalue weighted by Crippen LogP contribution is -1.95. The lowest BCUT2D eigenvalue weighted by Gasteiger charge is -2.12. The first kappa shape index (κ1) is 14.7. The predicted octanol–water partition coefficient (Wildman–Crippen LogP) is 4.81. The summed E-state index contributed by atoms with van der Waals surface area (Å²) in [6.45, 7) is 0. The minimum atomic E-state index is 0.987. The number of benzene rings is 2. The van der Waals surface area contributed by atoms with Gasteiger partial charge in [0.05, 0.1) is 0 Å². The standard InChI is InChI=1S/C22H20N2/c1-23-18-8-4-6-16(14-18)15-21-19-9-3-2-7-17(19)11-12-22-20(21)10-5-13-24-22/h2-10,13-15,23H,11-12H2,1H3/b21-15-. The van der Waals surface area contributed by atoms with E-state index in [9.17, 15) is 0 Å². The van der Waals surface area contributed by atoms with E-state index in [2.05, 4.69) is 71.0 Å². The first-order chi connectivity index (χ1) is 11.8. The Morgan fingerprint density at radius 2 is 1.79 bits per heavy atom. The average Bonchev–Trinajstić information content (AvgIpc) is 2.80. The molecule has 2 nitrogen and oxygen atoms in total. The molecule has 1 aromatic heterocycles. The van der Waals surface area contributed by atoms with Gasteiger partial charge in [0.2, 0.25) is 0 Å². The molecule has 0 fully saturated rings. The van der Waals surface area contributed by atoms with Gasteiger partial charge in [0, 0.05) is 30.2 Å². The highest BCUT2D eigenvalue weighted by atomic mass is 14.8. The van der Waals surface area contributed by atoms with E-state index in [4.69, 9.17) is 0 Å². The first-order valence-corrected chi connectivity index (χ1v) is 8.37. The average molecular weight is 312 g/mol. The topological polar surface area (TPSA) is 24.9 Å². The van der Waals surface area contributed by atoms with Crippen LogP contribution >= 0.6 is 0 Å². The Kier molecular flexibility index (Phi) is 3.87. The smallest absolute Gasteiger partial charge is 0.0485 e. The molecule has 0 unspecified atom stereocenters. The summed E-state index contributed by atoms with van der Waals surface area (Å²) in [6.07, 6.45) is 6.20. The van der Waals surface area contributed by atoms with Crippen molar-refractivity contribution in [3.05, 3.63) is 94.8 Å². The van der Waals surface area contributed by atoms with Crippen molar-refractivity contribution in [3.8, 4) is 0 Å². The molecule has 0 saturated carbocycles. The van der Waals surface area contributed by atoms with E-state index >= 15 is 0 Å². The van der Waals surface area contributed by atoms with Crippen LogP contribution in [0.15, 0.2) is 66.9 Å². The van der Waals surface area contributed by atoms with Crippen LogP contribution in [0.25, 0.3) is 11.6 Å². The van der Waals surface area contributed by atoms with E-state index in [1.54, 1.807) is 0 Å². The number of anilines is 1. The largest absolute Gasteiger partial charge is 0.388 e. The van der Waals surface area contributed by atoms with Gasteiger partial charge < -0.3 is 5.32 Å². The SMILES string of the molecule is CNc1cccc(/C=C2/c3ccccc3CCc3ncccc32)c1. The van der Waals surface area contributed by atoms with Crippen molar-refractivity contribution >= 4 is 17.3 Å². The van der Waals surface area contributed by atoms with Crippen LogP contribution in [-0.4, -0.2) is 12.0 Å². The van der Waals surface area contributed by atoms with Crippen molar-refractivity contribution in [1.29, 1.82) is 0 Å². The summed E-state index contributed by atoms with van der Waals surface area (Å²) >= 11 is 0. The number of aromatic nitrogens is 1. The van der Waals surface area contributed by atoms with Gasteiger partial charge in [0.25, 0.3) is 0 Å². The molecule has 24 heavy (non-hydrogen) atoms. The van der Waals surface area contributed by atoms with Crippen LogP contribution in [0, 0.1) is 0 Å². The number of fused-ring (bicyclic) bond motifs is 2. The summed E-state index contributed by atoms with van der Waals surface area (Å²) in [6, 6.07) is 21.4. The first-order valence-electron chi connectivity index (χ1n) is 8.37. The summed E-state index contributed by atoms with van der Waals surface area (Å²) in [4.78, 5) is 4.63. The number of hydrogen-bond donors (Lipinski definition) is 1. The Balaban J connectivity index is 1.94. The number of aryl methyl sites for hydroxylation is 2. The summed E-state index contributed by atoms with van der Waals surface area (Å²) < 4.78 is 0. The van der Waals surface area contributed by atoms with Crippen LogP contribution in [-0.2, 0) is 12.8 Å². The number of pyridine rings is 1. The molecule has 0 saturated heterocycles. The number of nitrogens with zero attached hydrogens (tertiary/aromatic N) is 1. The zero-order valence-electron chi connectivity index (χ0n) is 13.8. The maximum atomic E-state index is 4.63. The fourth-order valence-electron chi connectivity index (χ4n) is 3.39. The van der Waals surface area contributed by atoms with Gasteiger partial charge in [-0.15, -0.1) is 0 Å². The van der Waals surface area contributed by atoms with Gasteiger partial charge in [0.15, 0.2) is 0 Å². The van der Waals surface area contributed by atoms with E-state index < -0.39 is 0 Å². The number of rotatable bonds is 2. The minimum Gasteiger partial charge on any atom is -0.388 e. The Morgan fingerprint density at radius 1 is 0.917 bits per heavy atom. The van der Waals surface area contributed by atoms with Crippen LogP contribution in [0.2, 0.25) is 0 Å². The molecule has 3 aromatic rings. The van der Waals surface area contributed by atoms with E-state index in [1.807, 2.05) is 19.3 Å². The van der Waals surface area contributed by atoms with E-state index in [1.165, 1.54) is 33.5 Å². The normalized spacial score (nSPS) is 14.6. The lowest BCUT2D eigenvalue weighted by atomic mass is 9.93. The molecule has 0 amide bonds. The molecule has 1 N–H and O–H groups in total. The molecule has 0 atom stereocenters. The molecule has 4 rings (SSSR count). The molecule has 0 spiro atoms. The predicted molar refractivity (Wildman–Crippen MR) is 101 cm³/mol. The fraction of sp³-hybridized carbons (Fsp3) is 0.136. The molecular weight excluding hydrogens is 292 g/mol. The van der Waals surface area contributed by atoms with Gasteiger partial charge in [-0.1, -0.05) is 42.5 Å². The molecule has 0 radical (unpaired) electrons. The summed E-state index contributed by atoms with van der Waals surface area (Å²) in [7, 11) is 1.95. The van der Waals surface area contributed by atoms with Gasteiger partial charge in [-0.3, -0.25) is 4.98 Å². The van der Waals surface area contributed by atoms with Gasteiger partial charge in [-0.2, -0.15) is 0 Å². The van der Waals surface area contributed by atoms with Crippen LogP contribution in [0.3, 0.4) is 0 Å². The van der Waals surface area contributed by atoms with Gasteiger partial charge in [-0.25, -0.2) is 0 Å². The van der Waals surface area contributed by atoms with Gasteiger partial charge in [0.1, 0.15) is 0 Å². The molecule has 2 aromatic carbocycles. The third-order valence-electron chi connectivity index (χ3n) is 4.61. The highest BCUT2D eigenvalue weighted by molar-refractivity contribution is 5.94. The Labute approximate surface area is 142 Å². The maximum Gasteiger partial charge on any atom is 0.0485 e. The molecule has 1 aliphatic rings. The van der Waals surface area contributed by atoms with Crippen molar-refractivity contribution < 1.29 is 0 Å². The third kappa shape index (κ3) is 2.71. The van der Waals surface area contributed by atoms with Crippen LogP contribution < -0.4 is 5.32 Å². The van der Waals surface area contributed by atoms with Crippen molar-refractivity contribution in [2.45, 2.75) is 12.8 Å². The molecule has 0 aliphatic heterocycles. The molecule has 2 heteroatoms. The molecule has 118 valence electrons. The molecule has 1 aliphatic carbocycles. The third-order valence-corrected chi connectivity index (χ3v) is 4.61. The van der Waals surface area contributed by atoms with Crippen LogP contribution in [0.5, 0.6) is 0 Å². The summed E-state index contributed by atoms with van der Waals surface area (Å²) in [5, 5.41) is 3.21. The minimum absolute atomic E-state index is 0.987. The molecule has 0 bridgehead atoms. The zero-order chi connectivity index (χ0) is 16.4. The Morgan fingerprint density at radius 3 is 2.71 bits per heavy atom. The van der Waals surface area contributed by atoms with E-state index in [-0.39, 0.29) is 0 Å². The highest BCUT2D eigenvalue weighted by Crippen LogP contribution is 2.34. The zero-order valence-corrected chi connectivity index (χ0v) is 13.8. The lowest BCUT2D eigenvalue weighted by molar-refractivity contribution is 0.918. The Hall–Kier alpha value is -2.87. The second-order valence-corrected chi connectivity index (χ2v) is 6.09. The Bertz CT molecular complexity index is 860.